The summed E-state index contributed by atoms with van der Waals surface area (Å²) >= 11 is 3.76. The Bertz CT molecular complexity index is 1060. The average Bonchev–Trinajstić information content (AvgIpc) is 3.34. The second-order valence-electron chi connectivity index (χ2n) is 8.02. The molecule has 3 aromatic rings. The van der Waals surface area contributed by atoms with Gasteiger partial charge in [0.05, 0.1) is 19.3 Å². The predicted octanol–water partition coefficient (Wildman–Crippen LogP) is 5.39. The highest BCUT2D eigenvalue weighted by atomic mass is 32.1. The molecule has 0 amide bonds. The fourth-order valence-electron chi connectivity index (χ4n) is 4.61. The Hall–Kier alpha value is -1.70. The summed E-state index contributed by atoms with van der Waals surface area (Å²) in [6, 6.07) is 8.67. The average molecular weight is 441 g/mol. The van der Waals surface area contributed by atoms with Crippen LogP contribution in [-0.2, 0) is 22.3 Å². The van der Waals surface area contributed by atoms with E-state index in [9.17, 15) is 0 Å². The first-order valence-electron chi connectivity index (χ1n) is 10.6. The lowest BCUT2D eigenvalue weighted by Crippen LogP contribution is -2.22. The molecule has 4 heterocycles. The molecule has 5 rings (SSSR count). The van der Waals surface area contributed by atoms with Crippen LogP contribution in [0.2, 0.25) is 0 Å². The highest BCUT2D eigenvalue weighted by molar-refractivity contribution is 7.12. The maximum absolute atomic E-state index is 6.14. The molecule has 0 radical (unpaired) electrons. The van der Waals surface area contributed by atoms with Crippen molar-refractivity contribution in [3.05, 3.63) is 61.0 Å². The topological polar surface area (TPSA) is 56.5 Å². The summed E-state index contributed by atoms with van der Waals surface area (Å²) in [7, 11) is 0. The summed E-state index contributed by atoms with van der Waals surface area (Å²) in [5.41, 5.74) is 13.7. The summed E-state index contributed by atoms with van der Waals surface area (Å²) in [6.07, 6.45) is 2.14. The molecule has 2 aliphatic heterocycles. The smallest absolute Gasteiger partial charge is 0.101 e. The molecule has 2 unspecified atom stereocenters. The van der Waals surface area contributed by atoms with E-state index in [-0.39, 0.29) is 12.2 Å². The molecule has 3 N–H and O–H groups in total. The fourth-order valence-corrected chi connectivity index (χ4v) is 6.91. The maximum atomic E-state index is 6.14. The quantitative estimate of drug-likeness (QED) is 0.558. The van der Waals surface area contributed by atoms with E-state index in [0.29, 0.717) is 6.54 Å². The van der Waals surface area contributed by atoms with Gasteiger partial charge in [0.25, 0.3) is 0 Å². The van der Waals surface area contributed by atoms with Crippen molar-refractivity contribution in [2.24, 2.45) is 5.73 Å². The minimum atomic E-state index is 0.00507. The molecule has 4 nitrogen and oxygen atoms in total. The van der Waals surface area contributed by atoms with Crippen LogP contribution in [-0.4, -0.2) is 26.3 Å². The minimum Gasteiger partial charge on any atom is -0.382 e. The first-order valence-corrected chi connectivity index (χ1v) is 12.3. The van der Waals surface area contributed by atoms with Crippen LogP contribution in [0.15, 0.2) is 29.6 Å². The zero-order valence-corrected chi connectivity index (χ0v) is 19.1. The lowest BCUT2D eigenvalue weighted by molar-refractivity contribution is 0.0502. The van der Waals surface area contributed by atoms with Gasteiger partial charge in [-0.1, -0.05) is 12.1 Å². The van der Waals surface area contributed by atoms with Crippen molar-refractivity contribution < 1.29 is 9.47 Å². The number of ether oxygens (including phenoxy) is 2. The molecular formula is C24H28N2O2S2. The number of hydrogen-bond acceptors (Lipinski definition) is 6. The molecule has 30 heavy (non-hydrogen) atoms. The van der Waals surface area contributed by atoms with Gasteiger partial charge in [-0.25, -0.2) is 0 Å². The predicted molar refractivity (Wildman–Crippen MR) is 126 cm³/mol. The summed E-state index contributed by atoms with van der Waals surface area (Å²) in [5.74, 6) is 0. The van der Waals surface area contributed by atoms with E-state index in [1.165, 1.54) is 42.4 Å². The van der Waals surface area contributed by atoms with Crippen LogP contribution in [0.25, 0.3) is 11.1 Å². The van der Waals surface area contributed by atoms with Crippen molar-refractivity contribution in [3.8, 4) is 11.1 Å². The molecule has 0 spiro atoms. The Balaban J connectivity index is 1.37. The molecule has 2 aromatic heterocycles. The van der Waals surface area contributed by atoms with Gasteiger partial charge in [-0.2, -0.15) is 0 Å². The lowest BCUT2D eigenvalue weighted by atomic mass is 9.96. The standard InChI is InChI=1S/C24H28N2O2S2/c1-14-15(2)30-22-7-9-28-20(23(14)22)12-26-17-5-3-4-16(10-17)18-13-29-21-6-8-27-19(11-25)24(18)21/h3-5,10,13,19-20,26H,6-9,11-12,25H2,1-2H3. The van der Waals surface area contributed by atoms with Crippen molar-refractivity contribution >= 4 is 28.4 Å². The highest BCUT2D eigenvalue weighted by Gasteiger charge is 2.27. The van der Waals surface area contributed by atoms with Crippen LogP contribution in [0.4, 0.5) is 5.69 Å². The van der Waals surface area contributed by atoms with E-state index in [1.54, 1.807) is 0 Å². The molecule has 0 saturated carbocycles. The summed E-state index contributed by atoms with van der Waals surface area (Å²) < 4.78 is 12.1. The molecule has 1 aromatic carbocycles. The van der Waals surface area contributed by atoms with Gasteiger partial charge in [0.2, 0.25) is 0 Å². The van der Waals surface area contributed by atoms with E-state index in [1.807, 2.05) is 22.7 Å². The number of anilines is 1. The van der Waals surface area contributed by atoms with Crippen molar-refractivity contribution in [2.45, 2.75) is 38.9 Å². The SMILES string of the molecule is Cc1sc2c(c1C)C(CNc1cccc(-c3csc4c3C(CN)OCC4)c1)OCC2. The number of nitrogens with two attached hydrogens (primary N) is 1. The van der Waals surface area contributed by atoms with Gasteiger partial charge in [0.15, 0.2) is 0 Å². The monoisotopic (exact) mass is 440 g/mol. The summed E-state index contributed by atoms with van der Waals surface area (Å²) in [6.45, 7) is 7.31. The third-order valence-corrected chi connectivity index (χ3v) is 8.58. The molecule has 158 valence electrons. The number of benzene rings is 1. The summed E-state index contributed by atoms with van der Waals surface area (Å²) in [4.78, 5) is 4.32. The Kier molecular flexibility index (Phi) is 5.69. The Labute approximate surface area is 186 Å². The van der Waals surface area contributed by atoms with Gasteiger partial charge in [-0.05, 0) is 53.6 Å². The van der Waals surface area contributed by atoms with Gasteiger partial charge < -0.3 is 20.5 Å². The zero-order chi connectivity index (χ0) is 20.7. The van der Waals surface area contributed by atoms with Crippen LogP contribution in [0, 0.1) is 13.8 Å². The number of nitrogens with one attached hydrogen (secondary N) is 1. The van der Waals surface area contributed by atoms with E-state index in [4.69, 9.17) is 15.2 Å². The van der Waals surface area contributed by atoms with Gasteiger partial charge in [0, 0.05) is 51.8 Å². The first kappa shape index (κ1) is 20.2. The molecule has 0 saturated heterocycles. The number of thiophene rings is 2. The van der Waals surface area contributed by atoms with Crippen LogP contribution in [0.3, 0.4) is 0 Å². The van der Waals surface area contributed by atoms with Crippen molar-refractivity contribution in [1.29, 1.82) is 0 Å². The molecule has 6 heteroatoms. The first-order chi connectivity index (χ1) is 14.7. The molecular weight excluding hydrogens is 412 g/mol. The minimum absolute atomic E-state index is 0.00507. The van der Waals surface area contributed by atoms with Crippen LogP contribution in [0.5, 0.6) is 0 Å². The van der Waals surface area contributed by atoms with Crippen LogP contribution >= 0.6 is 22.7 Å². The molecule has 2 atom stereocenters. The summed E-state index contributed by atoms with van der Waals surface area (Å²) in [5, 5.41) is 5.89. The Morgan fingerprint density at radius 2 is 1.87 bits per heavy atom. The molecule has 2 aliphatic rings. The van der Waals surface area contributed by atoms with E-state index >= 15 is 0 Å². The highest BCUT2D eigenvalue weighted by Crippen LogP contribution is 2.41. The maximum Gasteiger partial charge on any atom is 0.101 e. The number of hydrogen-bond donors (Lipinski definition) is 2. The van der Waals surface area contributed by atoms with Gasteiger partial charge in [-0.3, -0.25) is 0 Å². The second kappa shape index (κ2) is 8.44. The Morgan fingerprint density at radius 3 is 2.70 bits per heavy atom. The van der Waals surface area contributed by atoms with E-state index < -0.39 is 0 Å². The zero-order valence-electron chi connectivity index (χ0n) is 17.5. The number of aryl methyl sites for hydroxylation is 1. The number of rotatable bonds is 5. The third-order valence-electron chi connectivity index (χ3n) is 6.24. The van der Waals surface area contributed by atoms with Crippen LogP contribution in [0.1, 0.15) is 43.5 Å². The Morgan fingerprint density at radius 1 is 1.07 bits per heavy atom. The van der Waals surface area contributed by atoms with E-state index in [2.05, 4.69) is 48.8 Å². The van der Waals surface area contributed by atoms with E-state index in [0.717, 1.165) is 38.3 Å². The third kappa shape index (κ3) is 3.61. The lowest BCUT2D eigenvalue weighted by Gasteiger charge is -2.25. The molecule has 0 aliphatic carbocycles. The van der Waals surface area contributed by atoms with Crippen molar-refractivity contribution in [1.82, 2.24) is 0 Å². The normalized spacial score (nSPS) is 20.6. The van der Waals surface area contributed by atoms with Gasteiger partial charge in [0.1, 0.15) is 6.10 Å². The molecule has 0 fully saturated rings. The second-order valence-corrected chi connectivity index (χ2v) is 10.3. The van der Waals surface area contributed by atoms with Crippen LogP contribution < -0.4 is 11.1 Å². The van der Waals surface area contributed by atoms with Crippen molar-refractivity contribution in [3.63, 3.8) is 0 Å². The fraction of sp³-hybridized carbons (Fsp3) is 0.417. The number of fused-ring (bicyclic) bond motifs is 2. The largest absolute Gasteiger partial charge is 0.382 e. The van der Waals surface area contributed by atoms with Crippen molar-refractivity contribution in [2.75, 3.05) is 31.6 Å². The molecule has 0 bridgehead atoms. The van der Waals surface area contributed by atoms with Gasteiger partial charge >= 0.3 is 0 Å². The van der Waals surface area contributed by atoms with Gasteiger partial charge in [-0.15, -0.1) is 22.7 Å².